The van der Waals surface area contributed by atoms with Crippen molar-refractivity contribution in [2.45, 2.75) is 63.8 Å². The summed E-state index contributed by atoms with van der Waals surface area (Å²) in [4.78, 5) is 51.1. The molecule has 40 heavy (non-hydrogen) atoms. The second-order valence-electron chi connectivity index (χ2n) is 11.4. The molecule has 1 unspecified atom stereocenters. The number of aromatic nitrogens is 2. The number of carboxylic acid groups (broad SMARTS) is 1. The third-order valence-corrected chi connectivity index (χ3v) is 9.30. The Labute approximate surface area is 238 Å². The summed E-state index contributed by atoms with van der Waals surface area (Å²) in [5, 5.41) is 12.2. The average Bonchev–Trinajstić information content (AvgIpc) is 3.42. The number of anilines is 1. The molecule has 0 saturated heterocycles. The van der Waals surface area contributed by atoms with Crippen molar-refractivity contribution in [3.8, 4) is 22.4 Å². The van der Waals surface area contributed by atoms with Gasteiger partial charge in [-0.3, -0.25) is 24.3 Å². The van der Waals surface area contributed by atoms with Gasteiger partial charge < -0.3 is 10.0 Å². The molecule has 3 aromatic rings. The normalized spacial score (nSPS) is 18.0. The number of pyridine rings is 1. The van der Waals surface area contributed by atoms with Crippen LogP contribution in [0.4, 0.5) is 5.13 Å². The van der Waals surface area contributed by atoms with E-state index >= 15 is 0 Å². The molecule has 2 aromatic heterocycles. The number of nitrogens with zero attached hydrogens (tertiary/aromatic N) is 4. The summed E-state index contributed by atoms with van der Waals surface area (Å²) in [6, 6.07) is 10.1. The second kappa shape index (κ2) is 11.1. The summed E-state index contributed by atoms with van der Waals surface area (Å²) in [6.45, 7) is 0.669. The van der Waals surface area contributed by atoms with Crippen LogP contribution < -0.4 is 4.90 Å². The van der Waals surface area contributed by atoms with E-state index in [1.54, 1.807) is 23.0 Å². The molecule has 6 rings (SSSR count). The fraction of sp³-hybridized carbons (Fsp3) is 0.452. The predicted molar refractivity (Wildman–Crippen MR) is 154 cm³/mol. The third kappa shape index (κ3) is 5.39. The van der Waals surface area contributed by atoms with Crippen LogP contribution in [0.2, 0.25) is 0 Å². The van der Waals surface area contributed by atoms with Crippen molar-refractivity contribution in [1.82, 2.24) is 14.9 Å². The molecule has 0 radical (unpaired) electrons. The third-order valence-electron chi connectivity index (χ3n) is 8.46. The van der Waals surface area contributed by atoms with Crippen LogP contribution in [0.25, 0.3) is 22.4 Å². The Hall–Kier alpha value is -3.59. The van der Waals surface area contributed by atoms with Crippen LogP contribution in [0.5, 0.6) is 0 Å². The van der Waals surface area contributed by atoms with Gasteiger partial charge in [0.25, 0.3) is 5.91 Å². The van der Waals surface area contributed by atoms with Gasteiger partial charge >= 0.3 is 5.97 Å². The highest BCUT2D eigenvalue weighted by atomic mass is 32.1. The smallest absolute Gasteiger partial charge is 0.304 e. The summed E-state index contributed by atoms with van der Waals surface area (Å²) in [5.74, 6) is -1.17. The minimum Gasteiger partial charge on any atom is -0.481 e. The number of carbonyl (C=O) groups excluding carboxylic acids is 2. The van der Waals surface area contributed by atoms with Crippen LogP contribution in [0, 0.1) is 11.8 Å². The van der Waals surface area contributed by atoms with E-state index in [4.69, 9.17) is 4.98 Å². The Bertz CT molecular complexity index is 1440. The van der Waals surface area contributed by atoms with Crippen LogP contribution in [-0.4, -0.2) is 57.4 Å². The van der Waals surface area contributed by atoms with E-state index in [1.165, 1.54) is 11.3 Å². The number of carbonyl (C=O) groups is 3. The van der Waals surface area contributed by atoms with Gasteiger partial charge in [0, 0.05) is 48.3 Å². The molecule has 3 aliphatic rings. The number of fused-ring (bicyclic) bond motifs is 1. The summed E-state index contributed by atoms with van der Waals surface area (Å²) in [7, 11) is 1.80. The van der Waals surface area contributed by atoms with Gasteiger partial charge in [-0.1, -0.05) is 49.9 Å². The Morgan fingerprint density at radius 3 is 2.62 bits per heavy atom. The molecule has 1 atom stereocenters. The van der Waals surface area contributed by atoms with E-state index in [-0.39, 0.29) is 24.3 Å². The number of rotatable bonds is 9. The van der Waals surface area contributed by atoms with Gasteiger partial charge in [0.2, 0.25) is 5.91 Å². The van der Waals surface area contributed by atoms with Crippen molar-refractivity contribution < 1.29 is 19.5 Å². The minimum absolute atomic E-state index is 0.0517. The number of amides is 2. The first-order chi connectivity index (χ1) is 19.4. The Balaban J connectivity index is 1.30. The lowest BCUT2D eigenvalue weighted by Gasteiger charge is -2.26. The Morgan fingerprint density at radius 1 is 1.15 bits per heavy atom. The number of aliphatic carboxylic acids is 1. The molecular formula is C31H34N4O4S. The number of hydrogen-bond donors (Lipinski definition) is 1. The largest absolute Gasteiger partial charge is 0.481 e. The van der Waals surface area contributed by atoms with Gasteiger partial charge in [0.1, 0.15) is 5.69 Å². The highest BCUT2D eigenvalue weighted by Crippen LogP contribution is 2.41. The molecule has 2 aliphatic carbocycles. The van der Waals surface area contributed by atoms with Crippen molar-refractivity contribution in [2.24, 2.45) is 11.8 Å². The fourth-order valence-electron chi connectivity index (χ4n) is 6.16. The van der Waals surface area contributed by atoms with Crippen LogP contribution in [0.1, 0.15) is 67.4 Å². The maximum atomic E-state index is 13.9. The molecule has 9 heteroatoms. The fourth-order valence-corrected chi connectivity index (χ4v) is 7.06. The summed E-state index contributed by atoms with van der Waals surface area (Å²) in [5.41, 5.74) is 5.06. The number of hydrogen-bond acceptors (Lipinski definition) is 6. The lowest BCUT2D eigenvalue weighted by molar-refractivity contribution is -0.141. The van der Waals surface area contributed by atoms with Crippen molar-refractivity contribution in [3.05, 3.63) is 53.2 Å². The molecule has 0 spiro atoms. The Morgan fingerprint density at radius 2 is 1.90 bits per heavy atom. The van der Waals surface area contributed by atoms with E-state index in [1.807, 2.05) is 29.6 Å². The van der Waals surface area contributed by atoms with Crippen LogP contribution in [0.3, 0.4) is 0 Å². The SMILES string of the molecule is CN1CCc2cc(-c3ccccc3-c3csc(N(C(=O)C(CC(=O)O)CC4CCCC4)C4CC4)n3)cnc2C1=O. The van der Waals surface area contributed by atoms with Crippen LogP contribution in [0.15, 0.2) is 41.9 Å². The van der Waals surface area contributed by atoms with E-state index in [0.29, 0.717) is 29.7 Å². The van der Waals surface area contributed by atoms with E-state index in [0.717, 1.165) is 72.9 Å². The number of thiazole rings is 1. The number of benzene rings is 1. The number of likely N-dealkylation sites (N-methyl/N-ethyl adjacent to an activating group) is 1. The molecule has 3 heterocycles. The maximum absolute atomic E-state index is 13.9. The minimum atomic E-state index is -0.923. The molecule has 1 aromatic carbocycles. The lowest BCUT2D eigenvalue weighted by Crippen LogP contribution is -2.39. The van der Waals surface area contributed by atoms with Gasteiger partial charge in [-0.25, -0.2) is 4.98 Å². The highest BCUT2D eigenvalue weighted by Gasteiger charge is 2.40. The predicted octanol–water partition coefficient (Wildman–Crippen LogP) is 5.67. The first-order valence-electron chi connectivity index (χ1n) is 14.2. The molecule has 1 aliphatic heterocycles. The van der Waals surface area contributed by atoms with Gasteiger partial charge in [0.05, 0.1) is 12.1 Å². The van der Waals surface area contributed by atoms with Crippen molar-refractivity contribution in [1.29, 1.82) is 0 Å². The molecule has 2 saturated carbocycles. The van der Waals surface area contributed by atoms with Crippen molar-refractivity contribution in [3.63, 3.8) is 0 Å². The standard InChI is InChI=1S/C31H34N4O4S/c1-34-13-12-20-15-22(17-32-28(20)30(34)39)24-8-4-5-9-25(24)26-18-40-31(33-26)35(23-10-11-23)29(38)21(16-27(36)37)14-19-6-2-3-7-19/h4-5,8-9,15,17-19,21,23H,2-3,6-7,10-14,16H2,1H3,(H,36,37). The molecule has 8 nitrogen and oxygen atoms in total. The van der Waals surface area contributed by atoms with E-state index in [2.05, 4.69) is 11.1 Å². The lowest BCUT2D eigenvalue weighted by atomic mass is 9.90. The first kappa shape index (κ1) is 26.6. The monoisotopic (exact) mass is 558 g/mol. The topological polar surface area (TPSA) is 104 Å². The molecule has 2 amide bonds. The van der Waals surface area contributed by atoms with Crippen LogP contribution >= 0.6 is 11.3 Å². The molecule has 0 bridgehead atoms. The van der Waals surface area contributed by atoms with Gasteiger partial charge in [-0.05, 0) is 48.8 Å². The van der Waals surface area contributed by atoms with E-state index < -0.39 is 11.9 Å². The average molecular weight is 559 g/mol. The quantitative estimate of drug-likeness (QED) is 0.363. The summed E-state index contributed by atoms with van der Waals surface area (Å²) < 4.78 is 0. The zero-order valence-corrected chi connectivity index (χ0v) is 23.5. The Kier molecular flexibility index (Phi) is 7.40. The first-order valence-corrected chi connectivity index (χ1v) is 15.1. The number of carboxylic acids is 1. The maximum Gasteiger partial charge on any atom is 0.304 e. The summed E-state index contributed by atoms with van der Waals surface area (Å²) >= 11 is 1.44. The molecule has 208 valence electrons. The zero-order chi connectivity index (χ0) is 27.8. The molecule has 2 fully saturated rings. The molecule has 1 N–H and O–H groups in total. The van der Waals surface area contributed by atoms with Crippen molar-refractivity contribution >= 4 is 34.3 Å². The van der Waals surface area contributed by atoms with Gasteiger partial charge in [-0.15, -0.1) is 11.3 Å². The van der Waals surface area contributed by atoms with Gasteiger partial charge in [-0.2, -0.15) is 0 Å². The zero-order valence-electron chi connectivity index (χ0n) is 22.7. The highest BCUT2D eigenvalue weighted by molar-refractivity contribution is 7.14. The van der Waals surface area contributed by atoms with Crippen LogP contribution in [-0.2, 0) is 16.0 Å². The second-order valence-corrected chi connectivity index (χ2v) is 12.2. The van der Waals surface area contributed by atoms with E-state index in [9.17, 15) is 19.5 Å². The van der Waals surface area contributed by atoms with Gasteiger partial charge in [0.15, 0.2) is 5.13 Å². The summed E-state index contributed by atoms with van der Waals surface area (Å²) in [6.07, 6.45) is 9.31. The van der Waals surface area contributed by atoms with Crippen molar-refractivity contribution in [2.75, 3.05) is 18.5 Å². The molecular weight excluding hydrogens is 524 g/mol.